The van der Waals surface area contributed by atoms with Gasteiger partial charge in [0, 0.05) is 19.6 Å². The molecular formula is C18H25N3O5. The maximum Gasteiger partial charge on any atom is 0.307 e. The second kappa shape index (κ2) is 9.76. The highest BCUT2D eigenvalue weighted by Gasteiger charge is 2.32. The molecule has 0 saturated carbocycles. The molecule has 0 bridgehead atoms. The van der Waals surface area contributed by atoms with Gasteiger partial charge >= 0.3 is 5.97 Å². The minimum atomic E-state index is -0.684. The van der Waals surface area contributed by atoms with E-state index in [0.717, 1.165) is 11.3 Å². The van der Waals surface area contributed by atoms with Crippen molar-refractivity contribution in [3.63, 3.8) is 0 Å². The van der Waals surface area contributed by atoms with Gasteiger partial charge in [0.05, 0.1) is 27.2 Å². The number of para-hydroxylation sites is 1. The zero-order chi connectivity index (χ0) is 18.9. The smallest absolute Gasteiger partial charge is 0.307 e. The molecule has 8 heteroatoms. The van der Waals surface area contributed by atoms with Crippen LogP contribution in [-0.2, 0) is 25.5 Å². The topological polar surface area (TPSA) is 97.0 Å². The SMILES string of the molecule is COC(=O)CC1C(=O)NCCN1CC(=O)NCCc1ccccc1OC. The Balaban J connectivity index is 1.85. The summed E-state index contributed by atoms with van der Waals surface area (Å²) < 4.78 is 9.92. The van der Waals surface area contributed by atoms with E-state index in [1.807, 2.05) is 24.3 Å². The van der Waals surface area contributed by atoms with Crippen LogP contribution >= 0.6 is 0 Å². The zero-order valence-electron chi connectivity index (χ0n) is 15.1. The molecule has 2 rings (SSSR count). The molecule has 1 atom stereocenters. The lowest BCUT2D eigenvalue weighted by Gasteiger charge is -2.33. The summed E-state index contributed by atoms with van der Waals surface area (Å²) in [5, 5.41) is 5.56. The highest BCUT2D eigenvalue weighted by Crippen LogP contribution is 2.17. The number of carbonyl (C=O) groups excluding carboxylic acids is 3. The lowest BCUT2D eigenvalue weighted by Crippen LogP contribution is -2.58. The largest absolute Gasteiger partial charge is 0.496 e. The molecule has 0 spiro atoms. The lowest BCUT2D eigenvalue weighted by atomic mass is 10.1. The van der Waals surface area contributed by atoms with Crippen molar-refractivity contribution in [2.45, 2.75) is 18.9 Å². The number of carbonyl (C=O) groups is 3. The average molecular weight is 363 g/mol. The van der Waals surface area contributed by atoms with Gasteiger partial charge in [-0.05, 0) is 18.1 Å². The third kappa shape index (κ3) is 5.45. The first kappa shape index (κ1) is 19.7. The van der Waals surface area contributed by atoms with Gasteiger partial charge in [0.2, 0.25) is 11.8 Å². The molecular weight excluding hydrogens is 338 g/mol. The van der Waals surface area contributed by atoms with Crippen LogP contribution < -0.4 is 15.4 Å². The van der Waals surface area contributed by atoms with Crippen LogP contribution in [0.25, 0.3) is 0 Å². The number of hydrogen-bond donors (Lipinski definition) is 2. The van der Waals surface area contributed by atoms with E-state index in [1.165, 1.54) is 7.11 Å². The number of ether oxygens (including phenoxy) is 2. The standard InChI is InChI=1S/C18H25N3O5/c1-25-15-6-4-3-5-13(15)7-8-19-16(22)12-21-10-9-20-18(24)14(21)11-17(23)26-2/h3-6,14H,7-12H2,1-2H3,(H,19,22)(H,20,24). The van der Waals surface area contributed by atoms with E-state index in [1.54, 1.807) is 12.0 Å². The van der Waals surface area contributed by atoms with E-state index in [-0.39, 0.29) is 24.8 Å². The van der Waals surface area contributed by atoms with Crippen molar-refractivity contribution in [1.29, 1.82) is 0 Å². The van der Waals surface area contributed by atoms with Gasteiger partial charge in [0.25, 0.3) is 0 Å². The van der Waals surface area contributed by atoms with E-state index in [9.17, 15) is 14.4 Å². The number of nitrogens with one attached hydrogen (secondary N) is 2. The van der Waals surface area contributed by atoms with Gasteiger partial charge in [0.1, 0.15) is 11.8 Å². The second-order valence-electron chi connectivity index (χ2n) is 5.97. The molecule has 2 N–H and O–H groups in total. The van der Waals surface area contributed by atoms with Gasteiger partial charge in [-0.1, -0.05) is 18.2 Å². The summed E-state index contributed by atoms with van der Waals surface area (Å²) in [6, 6.07) is 6.96. The van der Waals surface area contributed by atoms with E-state index >= 15 is 0 Å². The number of amides is 2. The number of esters is 1. The van der Waals surface area contributed by atoms with Crippen LogP contribution in [-0.4, -0.2) is 69.1 Å². The Morgan fingerprint density at radius 1 is 1.31 bits per heavy atom. The summed E-state index contributed by atoms with van der Waals surface area (Å²) in [5.41, 5.74) is 1.01. The number of benzene rings is 1. The number of rotatable bonds is 8. The van der Waals surface area contributed by atoms with Gasteiger partial charge in [-0.2, -0.15) is 0 Å². The molecule has 1 aromatic rings. The van der Waals surface area contributed by atoms with Gasteiger partial charge in [-0.15, -0.1) is 0 Å². The molecule has 0 aromatic heterocycles. The summed E-state index contributed by atoms with van der Waals surface area (Å²) in [4.78, 5) is 37.4. The fourth-order valence-corrected chi connectivity index (χ4v) is 2.90. The maximum absolute atomic E-state index is 12.2. The average Bonchev–Trinajstić information content (AvgIpc) is 2.64. The molecule has 1 aliphatic heterocycles. The Bertz CT molecular complexity index is 649. The predicted molar refractivity (Wildman–Crippen MR) is 94.7 cm³/mol. The Hall–Kier alpha value is -2.61. The van der Waals surface area contributed by atoms with Crippen molar-refractivity contribution in [2.75, 3.05) is 40.4 Å². The number of piperazine rings is 1. The van der Waals surface area contributed by atoms with Gasteiger partial charge in [-0.3, -0.25) is 19.3 Å². The van der Waals surface area contributed by atoms with Crippen LogP contribution in [0.2, 0.25) is 0 Å². The Kier molecular flexibility index (Phi) is 7.40. The molecule has 0 radical (unpaired) electrons. The second-order valence-corrected chi connectivity index (χ2v) is 5.97. The highest BCUT2D eigenvalue weighted by atomic mass is 16.5. The normalized spacial score (nSPS) is 17.3. The fourth-order valence-electron chi connectivity index (χ4n) is 2.90. The molecule has 2 amide bonds. The minimum Gasteiger partial charge on any atom is -0.496 e. The van der Waals surface area contributed by atoms with E-state index in [2.05, 4.69) is 15.4 Å². The molecule has 1 aromatic carbocycles. The van der Waals surface area contributed by atoms with Crippen LogP contribution in [0.5, 0.6) is 5.75 Å². The monoisotopic (exact) mass is 363 g/mol. The summed E-state index contributed by atoms with van der Waals surface area (Å²) in [6.45, 7) is 1.47. The van der Waals surface area contributed by atoms with Crippen molar-refractivity contribution in [3.8, 4) is 5.75 Å². The van der Waals surface area contributed by atoms with Gasteiger partial charge in [0.15, 0.2) is 0 Å². The molecule has 1 saturated heterocycles. The number of methoxy groups -OCH3 is 2. The van der Waals surface area contributed by atoms with Crippen LogP contribution in [0.15, 0.2) is 24.3 Å². The van der Waals surface area contributed by atoms with Crippen molar-refractivity contribution in [3.05, 3.63) is 29.8 Å². The molecule has 1 heterocycles. The predicted octanol–water partition coefficient (Wildman–Crippen LogP) is -0.283. The lowest BCUT2D eigenvalue weighted by molar-refractivity contribution is -0.146. The Morgan fingerprint density at radius 2 is 2.08 bits per heavy atom. The Labute approximate surface area is 152 Å². The van der Waals surface area contributed by atoms with Gasteiger partial charge < -0.3 is 20.1 Å². The summed E-state index contributed by atoms with van der Waals surface area (Å²) in [5.74, 6) is -0.144. The first-order valence-corrected chi connectivity index (χ1v) is 8.52. The van der Waals surface area contributed by atoms with E-state index < -0.39 is 12.0 Å². The maximum atomic E-state index is 12.2. The van der Waals surface area contributed by atoms with Crippen molar-refractivity contribution >= 4 is 17.8 Å². The molecule has 26 heavy (non-hydrogen) atoms. The van der Waals surface area contributed by atoms with Crippen molar-refractivity contribution in [1.82, 2.24) is 15.5 Å². The molecule has 8 nitrogen and oxygen atoms in total. The highest BCUT2D eigenvalue weighted by molar-refractivity contribution is 5.88. The quantitative estimate of drug-likeness (QED) is 0.617. The van der Waals surface area contributed by atoms with E-state index in [0.29, 0.717) is 26.1 Å². The third-order valence-corrected chi connectivity index (χ3v) is 4.29. The zero-order valence-corrected chi connectivity index (χ0v) is 15.1. The van der Waals surface area contributed by atoms with Crippen LogP contribution in [0.4, 0.5) is 0 Å². The van der Waals surface area contributed by atoms with Gasteiger partial charge in [-0.25, -0.2) is 0 Å². The molecule has 1 aliphatic rings. The molecule has 142 valence electrons. The number of nitrogens with zero attached hydrogens (tertiary/aromatic N) is 1. The summed E-state index contributed by atoms with van der Waals surface area (Å²) in [6.07, 6.45) is 0.568. The molecule has 1 fully saturated rings. The summed E-state index contributed by atoms with van der Waals surface area (Å²) >= 11 is 0. The minimum absolute atomic E-state index is 0.0566. The third-order valence-electron chi connectivity index (χ3n) is 4.29. The van der Waals surface area contributed by atoms with E-state index in [4.69, 9.17) is 4.74 Å². The molecule has 0 aliphatic carbocycles. The first-order valence-electron chi connectivity index (χ1n) is 8.52. The van der Waals surface area contributed by atoms with Crippen molar-refractivity contribution < 1.29 is 23.9 Å². The summed E-state index contributed by atoms with van der Waals surface area (Å²) in [7, 11) is 2.89. The van der Waals surface area contributed by atoms with Crippen LogP contribution in [0.1, 0.15) is 12.0 Å². The Morgan fingerprint density at radius 3 is 2.81 bits per heavy atom. The van der Waals surface area contributed by atoms with Crippen LogP contribution in [0.3, 0.4) is 0 Å². The molecule has 1 unspecified atom stereocenters. The van der Waals surface area contributed by atoms with Crippen LogP contribution in [0, 0.1) is 0 Å². The van der Waals surface area contributed by atoms with Crippen molar-refractivity contribution in [2.24, 2.45) is 0 Å². The fraction of sp³-hybridized carbons (Fsp3) is 0.500. The number of hydrogen-bond acceptors (Lipinski definition) is 6. The first-order chi connectivity index (χ1) is 12.5.